The Labute approximate surface area is 146 Å². The van der Waals surface area contributed by atoms with E-state index in [0.29, 0.717) is 11.8 Å². The molecule has 0 saturated carbocycles. The summed E-state index contributed by atoms with van der Waals surface area (Å²) < 4.78 is 11.3. The number of esters is 1. The second-order valence-electron chi connectivity index (χ2n) is 7.75. The van der Waals surface area contributed by atoms with Crippen LogP contribution in [0.25, 0.3) is 0 Å². The summed E-state index contributed by atoms with van der Waals surface area (Å²) in [5, 5.41) is 0. The van der Waals surface area contributed by atoms with Crippen molar-refractivity contribution in [1.82, 2.24) is 0 Å². The van der Waals surface area contributed by atoms with E-state index in [4.69, 9.17) is 9.47 Å². The summed E-state index contributed by atoms with van der Waals surface area (Å²) >= 11 is 0. The van der Waals surface area contributed by atoms with Crippen LogP contribution in [0.1, 0.15) is 59.8 Å². The summed E-state index contributed by atoms with van der Waals surface area (Å²) in [6.45, 7) is 8.73. The zero-order valence-electron chi connectivity index (χ0n) is 15.8. The van der Waals surface area contributed by atoms with Crippen molar-refractivity contribution >= 4 is 5.97 Å². The van der Waals surface area contributed by atoms with E-state index in [-0.39, 0.29) is 17.7 Å². The van der Waals surface area contributed by atoms with Crippen LogP contribution in [0, 0.1) is 11.8 Å². The van der Waals surface area contributed by atoms with E-state index in [1.54, 1.807) is 7.11 Å². The molecule has 0 aromatic rings. The number of hydrogen-bond donors (Lipinski definition) is 0. The third-order valence-corrected chi connectivity index (χ3v) is 5.33. The first kappa shape index (κ1) is 19.0. The quantitative estimate of drug-likeness (QED) is 0.528. The number of fused-ring (bicyclic) bond motifs is 1. The molecule has 0 aromatic heterocycles. The van der Waals surface area contributed by atoms with Crippen molar-refractivity contribution in [2.75, 3.05) is 7.11 Å². The topological polar surface area (TPSA) is 35.5 Å². The lowest BCUT2D eigenvalue weighted by molar-refractivity contribution is -0.139. The van der Waals surface area contributed by atoms with Crippen LogP contribution in [0.4, 0.5) is 0 Å². The second kappa shape index (κ2) is 8.15. The molecule has 0 unspecified atom stereocenters. The molecule has 0 radical (unpaired) electrons. The van der Waals surface area contributed by atoms with Gasteiger partial charge >= 0.3 is 5.97 Å². The Morgan fingerprint density at radius 2 is 2.12 bits per heavy atom. The second-order valence-corrected chi connectivity index (χ2v) is 7.75. The predicted octanol–water partition coefficient (Wildman–Crippen LogP) is 4.98. The fourth-order valence-corrected chi connectivity index (χ4v) is 3.39. The van der Waals surface area contributed by atoms with Gasteiger partial charge < -0.3 is 9.47 Å². The molecule has 0 amide bonds. The fraction of sp³-hybridized carbons (Fsp3) is 0.667. The van der Waals surface area contributed by atoms with Crippen LogP contribution in [0.2, 0.25) is 0 Å². The molecule has 3 nitrogen and oxygen atoms in total. The largest absolute Gasteiger partial charge is 0.454 e. The highest BCUT2D eigenvalue weighted by atomic mass is 16.5. The van der Waals surface area contributed by atoms with Crippen molar-refractivity contribution in [1.29, 1.82) is 0 Å². The van der Waals surface area contributed by atoms with Crippen molar-refractivity contribution in [3.63, 3.8) is 0 Å². The molecule has 1 heterocycles. The van der Waals surface area contributed by atoms with Crippen LogP contribution in [0.5, 0.6) is 0 Å². The first-order chi connectivity index (χ1) is 11.3. The van der Waals surface area contributed by atoms with Crippen LogP contribution >= 0.6 is 0 Å². The monoisotopic (exact) mass is 332 g/mol. The third-order valence-electron chi connectivity index (χ3n) is 5.33. The van der Waals surface area contributed by atoms with Gasteiger partial charge in [-0.1, -0.05) is 37.6 Å². The van der Waals surface area contributed by atoms with Gasteiger partial charge in [0.2, 0.25) is 0 Å². The molecule has 3 heteroatoms. The molecule has 2 aliphatic rings. The molecule has 0 N–H and O–H groups in total. The summed E-state index contributed by atoms with van der Waals surface area (Å²) in [5.41, 5.74) is 1.88. The van der Waals surface area contributed by atoms with Gasteiger partial charge in [0.05, 0.1) is 5.60 Å². The zero-order chi connectivity index (χ0) is 17.7. The summed E-state index contributed by atoms with van der Waals surface area (Å²) in [5.74, 6) is 0.842. The maximum absolute atomic E-state index is 12.1. The molecule has 3 atom stereocenters. The van der Waals surface area contributed by atoms with E-state index in [2.05, 4.69) is 45.9 Å². The highest BCUT2D eigenvalue weighted by Gasteiger charge is 2.27. The number of carbonyl (C=O) groups excluding carboxylic acids is 1. The number of allylic oxidation sites excluding steroid dienone is 2. The molecule has 24 heavy (non-hydrogen) atoms. The predicted molar refractivity (Wildman–Crippen MR) is 97.7 cm³/mol. The molecule has 134 valence electrons. The Kier molecular flexibility index (Phi) is 6.45. The number of ether oxygens (including phenoxy) is 2. The summed E-state index contributed by atoms with van der Waals surface area (Å²) in [6.07, 6.45) is 13.2. The standard InChI is InChI=1S/C21H32O3/c1-15(2)17-8-9-18-14-19(24-20(18)22)13-16(3)7-6-11-21(4,23-5)12-10-17/h7,10,12,14-15,17,19H,6,8-9,11,13H2,1-5H3/b12-10+,16-7+/t17-,19-,21+/m0/s1. The first-order valence-electron chi connectivity index (χ1n) is 9.15. The van der Waals surface area contributed by atoms with Crippen LogP contribution in [0.15, 0.2) is 35.5 Å². The van der Waals surface area contributed by atoms with Crippen LogP contribution in [0.3, 0.4) is 0 Å². The van der Waals surface area contributed by atoms with Crippen LogP contribution in [-0.4, -0.2) is 24.8 Å². The third kappa shape index (κ3) is 5.07. The fourth-order valence-electron chi connectivity index (χ4n) is 3.39. The zero-order valence-corrected chi connectivity index (χ0v) is 15.8. The van der Waals surface area contributed by atoms with E-state index in [1.807, 2.05) is 6.08 Å². The van der Waals surface area contributed by atoms with Crippen molar-refractivity contribution in [3.05, 3.63) is 35.5 Å². The molecule has 2 bridgehead atoms. The Hall–Kier alpha value is -1.35. The van der Waals surface area contributed by atoms with Crippen molar-refractivity contribution < 1.29 is 14.3 Å². The molecule has 0 saturated heterocycles. The Morgan fingerprint density at radius 3 is 2.79 bits per heavy atom. The van der Waals surface area contributed by atoms with Gasteiger partial charge in [-0.2, -0.15) is 0 Å². The normalized spacial score (nSPS) is 35.7. The maximum Gasteiger partial charge on any atom is 0.334 e. The maximum atomic E-state index is 12.1. The summed E-state index contributed by atoms with van der Waals surface area (Å²) in [4.78, 5) is 12.1. The van der Waals surface area contributed by atoms with Gasteiger partial charge in [-0.05, 0) is 57.4 Å². The molecule has 1 aliphatic carbocycles. The molecular weight excluding hydrogens is 300 g/mol. The minimum Gasteiger partial charge on any atom is -0.454 e. The van der Waals surface area contributed by atoms with E-state index >= 15 is 0 Å². The van der Waals surface area contributed by atoms with Gasteiger partial charge in [-0.3, -0.25) is 0 Å². The number of carbonyl (C=O) groups is 1. The molecule has 0 fully saturated rings. The molecule has 0 spiro atoms. The molecule has 2 rings (SSSR count). The SMILES string of the molecule is CO[C@@]1(C)/C=C/[C@@H](C(C)C)CCC2=C[C@H](C/C(C)=C/CC1)OC2=O. The summed E-state index contributed by atoms with van der Waals surface area (Å²) in [7, 11) is 1.78. The minimum absolute atomic E-state index is 0.0893. The Morgan fingerprint density at radius 1 is 1.38 bits per heavy atom. The average molecular weight is 332 g/mol. The summed E-state index contributed by atoms with van der Waals surface area (Å²) in [6, 6.07) is 0. The lowest BCUT2D eigenvalue weighted by Gasteiger charge is -2.26. The van der Waals surface area contributed by atoms with Crippen LogP contribution < -0.4 is 0 Å². The molecular formula is C21H32O3. The van der Waals surface area contributed by atoms with Gasteiger partial charge in [-0.15, -0.1) is 0 Å². The number of hydrogen-bond acceptors (Lipinski definition) is 3. The average Bonchev–Trinajstić information content (AvgIpc) is 2.85. The minimum atomic E-state index is -0.237. The van der Waals surface area contributed by atoms with E-state index in [1.165, 1.54) is 5.57 Å². The van der Waals surface area contributed by atoms with Crippen molar-refractivity contribution in [3.8, 4) is 0 Å². The van der Waals surface area contributed by atoms with Crippen molar-refractivity contribution in [2.24, 2.45) is 11.8 Å². The lowest BCUT2D eigenvalue weighted by atomic mass is 9.86. The Balaban J connectivity index is 2.24. The highest BCUT2D eigenvalue weighted by molar-refractivity contribution is 5.90. The Bertz CT molecular complexity index is 541. The van der Waals surface area contributed by atoms with Gasteiger partial charge in [-0.25, -0.2) is 4.79 Å². The van der Waals surface area contributed by atoms with E-state index < -0.39 is 0 Å². The molecule has 0 aromatic carbocycles. The van der Waals surface area contributed by atoms with E-state index in [0.717, 1.165) is 37.7 Å². The highest BCUT2D eigenvalue weighted by Crippen LogP contribution is 2.29. The van der Waals surface area contributed by atoms with E-state index in [9.17, 15) is 4.79 Å². The number of methoxy groups -OCH3 is 1. The number of rotatable bonds is 2. The van der Waals surface area contributed by atoms with Crippen molar-refractivity contribution in [2.45, 2.75) is 71.5 Å². The first-order valence-corrected chi connectivity index (χ1v) is 9.15. The van der Waals surface area contributed by atoms with Crippen LogP contribution in [-0.2, 0) is 14.3 Å². The van der Waals surface area contributed by atoms with Gasteiger partial charge in [0.15, 0.2) is 0 Å². The molecule has 1 aliphatic heterocycles. The van der Waals surface area contributed by atoms with Gasteiger partial charge in [0.1, 0.15) is 6.10 Å². The lowest BCUT2D eigenvalue weighted by Crippen LogP contribution is -2.24. The smallest absolute Gasteiger partial charge is 0.334 e. The van der Waals surface area contributed by atoms with Gasteiger partial charge in [0.25, 0.3) is 0 Å². The van der Waals surface area contributed by atoms with Gasteiger partial charge in [0, 0.05) is 19.1 Å².